The molecule has 2 heterocycles. The Morgan fingerprint density at radius 3 is 2.94 bits per heavy atom. The second-order valence-corrected chi connectivity index (χ2v) is 4.97. The Morgan fingerprint density at radius 1 is 1.28 bits per heavy atom. The van der Waals surface area contributed by atoms with Crippen LogP contribution in [0.1, 0.15) is 5.56 Å². The van der Waals surface area contributed by atoms with Crippen molar-refractivity contribution < 1.29 is 0 Å². The molecule has 18 heavy (non-hydrogen) atoms. The van der Waals surface area contributed by atoms with Gasteiger partial charge in [-0.25, -0.2) is 4.98 Å². The molecule has 0 radical (unpaired) electrons. The van der Waals surface area contributed by atoms with Crippen molar-refractivity contribution in [3.63, 3.8) is 0 Å². The second-order valence-electron chi connectivity index (χ2n) is 4.05. The molecule has 0 atom stereocenters. The van der Waals surface area contributed by atoms with E-state index in [1.54, 1.807) is 6.20 Å². The maximum atomic E-state index is 5.97. The van der Waals surface area contributed by atoms with Crippen molar-refractivity contribution in [1.29, 1.82) is 0 Å². The Morgan fingerprint density at radius 2 is 2.17 bits per heavy atom. The van der Waals surface area contributed by atoms with Crippen molar-refractivity contribution in [3.8, 4) is 0 Å². The van der Waals surface area contributed by atoms with E-state index in [1.807, 2.05) is 41.1 Å². The Hall–Kier alpha value is -1.88. The van der Waals surface area contributed by atoms with Crippen LogP contribution in [0.15, 0.2) is 47.2 Å². The largest absolute Gasteiger partial charge is 0.369 e. The minimum atomic E-state index is 0.520. The molecule has 0 aliphatic heterocycles. The number of anilines is 1. The molecule has 0 fully saturated rings. The molecule has 3 rings (SSSR count). The normalized spacial score (nSPS) is 10.9. The lowest BCUT2D eigenvalue weighted by atomic mass is 10.2. The van der Waals surface area contributed by atoms with Gasteiger partial charge in [0.15, 0.2) is 0 Å². The van der Waals surface area contributed by atoms with Crippen LogP contribution < -0.4 is 5.73 Å². The monoisotopic (exact) mass is 302 g/mol. The summed E-state index contributed by atoms with van der Waals surface area (Å²) in [5.41, 5.74) is 8.99. The molecule has 4 nitrogen and oxygen atoms in total. The number of rotatable bonds is 2. The lowest BCUT2D eigenvalue weighted by Gasteiger charge is -2.06. The SMILES string of the molecule is Nc1nc2ccc(Br)cc2n1Cc1cccnc1. The number of benzene rings is 1. The summed E-state index contributed by atoms with van der Waals surface area (Å²) >= 11 is 3.47. The van der Waals surface area contributed by atoms with Gasteiger partial charge in [0.05, 0.1) is 17.6 Å². The van der Waals surface area contributed by atoms with E-state index in [0.717, 1.165) is 21.1 Å². The lowest BCUT2D eigenvalue weighted by molar-refractivity contribution is 0.833. The molecule has 1 aromatic carbocycles. The first-order valence-electron chi connectivity index (χ1n) is 5.54. The summed E-state index contributed by atoms with van der Waals surface area (Å²) in [5, 5.41) is 0. The summed E-state index contributed by atoms with van der Waals surface area (Å²) in [6.45, 7) is 0.673. The molecule has 0 saturated carbocycles. The summed E-state index contributed by atoms with van der Waals surface area (Å²) in [4.78, 5) is 8.46. The third-order valence-electron chi connectivity index (χ3n) is 2.80. The van der Waals surface area contributed by atoms with Crippen molar-refractivity contribution in [2.24, 2.45) is 0 Å². The van der Waals surface area contributed by atoms with E-state index in [1.165, 1.54) is 0 Å². The first-order chi connectivity index (χ1) is 8.74. The van der Waals surface area contributed by atoms with Crippen LogP contribution in [0.2, 0.25) is 0 Å². The lowest BCUT2D eigenvalue weighted by Crippen LogP contribution is -2.04. The van der Waals surface area contributed by atoms with Crippen LogP contribution in [-0.4, -0.2) is 14.5 Å². The van der Waals surface area contributed by atoms with E-state index in [9.17, 15) is 0 Å². The average molecular weight is 303 g/mol. The van der Waals surface area contributed by atoms with Gasteiger partial charge >= 0.3 is 0 Å². The fraction of sp³-hybridized carbons (Fsp3) is 0.0769. The minimum Gasteiger partial charge on any atom is -0.369 e. The second kappa shape index (κ2) is 4.42. The molecule has 2 N–H and O–H groups in total. The van der Waals surface area contributed by atoms with E-state index < -0.39 is 0 Å². The predicted molar refractivity (Wildman–Crippen MR) is 75.2 cm³/mol. The topological polar surface area (TPSA) is 56.7 Å². The fourth-order valence-corrected chi connectivity index (χ4v) is 2.30. The molecule has 0 spiro atoms. The van der Waals surface area contributed by atoms with E-state index in [-0.39, 0.29) is 0 Å². The van der Waals surface area contributed by atoms with E-state index >= 15 is 0 Å². The maximum absolute atomic E-state index is 5.97. The van der Waals surface area contributed by atoms with Crippen LogP contribution >= 0.6 is 15.9 Å². The van der Waals surface area contributed by atoms with Gasteiger partial charge in [-0.1, -0.05) is 22.0 Å². The average Bonchev–Trinajstić information content (AvgIpc) is 2.67. The third kappa shape index (κ3) is 1.97. The van der Waals surface area contributed by atoms with Crippen LogP contribution in [0.25, 0.3) is 11.0 Å². The highest BCUT2D eigenvalue weighted by Crippen LogP contribution is 2.23. The number of halogens is 1. The summed E-state index contributed by atoms with van der Waals surface area (Å²) in [6, 6.07) is 9.88. The number of fused-ring (bicyclic) bond motifs is 1. The number of nitrogens with zero attached hydrogens (tertiary/aromatic N) is 3. The van der Waals surface area contributed by atoms with Crippen molar-refractivity contribution in [3.05, 3.63) is 52.8 Å². The Kier molecular flexibility index (Phi) is 2.76. The van der Waals surface area contributed by atoms with Crippen LogP contribution in [0.3, 0.4) is 0 Å². The fourth-order valence-electron chi connectivity index (χ4n) is 1.95. The van der Waals surface area contributed by atoms with E-state index in [0.29, 0.717) is 12.5 Å². The zero-order valence-corrected chi connectivity index (χ0v) is 11.1. The zero-order chi connectivity index (χ0) is 12.5. The van der Waals surface area contributed by atoms with Crippen molar-refractivity contribution in [1.82, 2.24) is 14.5 Å². The van der Waals surface area contributed by atoms with Crippen molar-refractivity contribution in [2.45, 2.75) is 6.54 Å². The standard InChI is InChI=1S/C13H11BrN4/c14-10-3-4-11-12(6-10)18(13(15)17-11)8-9-2-1-5-16-7-9/h1-7H,8H2,(H2,15,17). The molecule has 2 aromatic heterocycles. The first kappa shape index (κ1) is 11.2. The van der Waals surface area contributed by atoms with Gasteiger partial charge in [0.1, 0.15) is 0 Å². The van der Waals surface area contributed by atoms with Crippen molar-refractivity contribution >= 4 is 32.9 Å². The van der Waals surface area contributed by atoms with Crippen LogP contribution in [-0.2, 0) is 6.54 Å². The molecule has 0 unspecified atom stereocenters. The summed E-state index contributed by atoms with van der Waals surface area (Å²) in [7, 11) is 0. The van der Waals surface area contributed by atoms with Gasteiger partial charge in [-0.05, 0) is 29.8 Å². The number of hydrogen-bond donors (Lipinski definition) is 1. The quantitative estimate of drug-likeness (QED) is 0.792. The molecule has 0 amide bonds. The maximum Gasteiger partial charge on any atom is 0.201 e. The molecule has 5 heteroatoms. The summed E-state index contributed by atoms with van der Waals surface area (Å²) in [5.74, 6) is 0.520. The Bertz CT molecular complexity index is 691. The first-order valence-corrected chi connectivity index (χ1v) is 6.33. The van der Waals surface area contributed by atoms with E-state index in [2.05, 4.69) is 25.9 Å². The molecule has 0 aliphatic carbocycles. The van der Waals surface area contributed by atoms with Gasteiger partial charge in [0.25, 0.3) is 0 Å². The number of nitrogen functional groups attached to an aromatic ring is 1. The van der Waals surface area contributed by atoms with Crippen LogP contribution in [0.5, 0.6) is 0 Å². The number of hydrogen-bond acceptors (Lipinski definition) is 3. The number of pyridine rings is 1. The molecule has 0 aliphatic rings. The molecule has 0 saturated heterocycles. The van der Waals surface area contributed by atoms with Gasteiger partial charge < -0.3 is 10.3 Å². The summed E-state index contributed by atoms with van der Waals surface area (Å²) < 4.78 is 3.00. The zero-order valence-electron chi connectivity index (χ0n) is 9.55. The number of nitrogens with two attached hydrogens (primary N) is 1. The van der Waals surface area contributed by atoms with Gasteiger partial charge in [-0.15, -0.1) is 0 Å². The van der Waals surface area contributed by atoms with Gasteiger partial charge in [-0.3, -0.25) is 4.98 Å². The molecular weight excluding hydrogens is 292 g/mol. The molecule has 3 aromatic rings. The van der Waals surface area contributed by atoms with Gasteiger partial charge in [0.2, 0.25) is 5.95 Å². The van der Waals surface area contributed by atoms with Gasteiger partial charge in [0, 0.05) is 16.9 Å². The van der Waals surface area contributed by atoms with Crippen LogP contribution in [0.4, 0.5) is 5.95 Å². The minimum absolute atomic E-state index is 0.520. The van der Waals surface area contributed by atoms with Crippen LogP contribution in [0, 0.1) is 0 Å². The van der Waals surface area contributed by atoms with E-state index in [4.69, 9.17) is 5.73 Å². The Balaban J connectivity index is 2.11. The number of aromatic nitrogens is 3. The highest BCUT2D eigenvalue weighted by molar-refractivity contribution is 9.10. The smallest absolute Gasteiger partial charge is 0.201 e. The summed E-state index contributed by atoms with van der Waals surface area (Å²) in [6.07, 6.45) is 3.60. The third-order valence-corrected chi connectivity index (χ3v) is 3.30. The Labute approximate surface area is 113 Å². The number of imidazole rings is 1. The van der Waals surface area contributed by atoms with Gasteiger partial charge in [-0.2, -0.15) is 0 Å². The predicted octanol–water partition coefficient (Wildman–Crippen LogP) is 2.82. The molecular formula is C13H11BrN4. The highest BCUT2D eigenvalue weighted by Gasteiger charge is 2.08. The van der Waals surface area contributed by atoms with Crippen molar-refractivity contribution in [2.75, 3.05) is 5.73 Å². The highest BCUT2D eigenvalue weighted by atomic mass is 79.9. The molecule has 90 valence electrons. The molecule has 0 bridgehead atoms.